The minimum Gasteiger partial charge on any atom is -0.494 e. The summed E-state index contributed by atoms with van der Waals surface area (Å²) in [6, 6.07) is 10.0. The maximum Gasteiger partial charge on any atom is 0.513 e. The Morgan fingerprint density at radius 3 is 2.88 bits per heavy atom. The SMILES string of the molecule is CCOC(=O)Oc1cc(C)cc(F)c1N=Cc1c(O)[nH]c2ccccc12. The summed E-state index contributed by atoms with van der Waals surface area (Å²) >= 11 is 0. The van der Waals surface area contributed by atoms with Gasteiger partial charge >= 0.3 is 6.16 Å². The first-order chi connectivity index (χ1) is 12.5. The number of H-pyrrole nitrogens is 1. The van der Waals surface area contributed by atoms with E-state index in [4.69, 9.17) is 9.47 Å². The van der Waals surface area contributed by atoms with E-state index in [1.54, 1.807) is 26.0 Å². The predicted octanol–water partition coefficient (Wildman–Crippen LogP) is 4.61. The molecule has 0 bridgehead atoms. The first-order valence-corrected chi connectivity index (χ1v) is 7.98. The number of carbonyl (C=O) groups excluding carboxylic acids is 1. The van der Waals surface area contributed by atoms with Gasteiger partial charge in [-0.2, -0.15) is 0 Å². The number of nitrogens with zero attached hydrogens (tertiary/aromatic N) is 1. The Hall–Kier alpha value is -3.35. The summed E-state index contributed by atoms with van der Waals surface area (Å²) in [4.78, 5) is 18.5. The van der Waals surface area contributed by atoms with E-state index in [-0.39, 0.29) is 23.9 Å². The number of halogens is 1. The van der Waals surface area contributed by atoms with Crippen molar-refractivity contribution in [3.63, 3.8) is 0 Å². The zero-order valence-corrected chi connectivity index (χ0v) is 14.2. The number of hydrogen-bond donors (Lipinski definition) is 2. The van der Waals surface area contributed by atoms with Crippen molar-refractivity contribution in [1.82, 2.24) is 4.98 Å². The monoisotopic (exact) mass is 356 g/mol. The van der Waals surface area contributed by atoms with Crippen molar-refractivity contribution in [3.8, 4) is 11.6 Å². The second-order valence-corrected chi connectivity index (χ2v) is 5.57. The first kappa shape index (κ1) is 17.5. The third-order valence-electron chi connectivity index (χ3n) is 3.68. The minimum absolute atomic E-state index is 0.0588. The van der Waals surface area contributed by atoms with E-state index in [9.17, 15) is 14.3 Å². The Labute approximate surface area is 148 Å². The van der Waals surface area contributed by atoms with Crippen LogP contribution in [0.15, 0.2) is 41.4 Å². The highest BCUT2D eigenvalue weighted by Gasteiger charge is 2.15. The summed E-state index contributed by atoms with van der Waals surface area (Å²) in [5, 5.41) is 10.8. The van der Waals surface area contributed by atoms with E-state index in [1.807, 2.05) is 12.1 Å². The van der Waals surface area contributed by atoms with E-state index in [2.05, 4.69) is 9.98 Å². The van der Waals surface area contributed by atoms with Gasteiger partial charge < -0.3 is 19.6 Å². The maximum atomic E-state index is 14.4. The number of benzene rings is 2. The number of hydrogen-bond acceptors (Lipinski definition) is 5. The first-order valence-electron chi connectivity index (χ1n) is 7.98. The van der Waals surface area contributed by atoms with E-state index in [0.29, 0.717) is 11.1 Å². The number of nitrogens with one attached hydrogen (secondary N) is 1. The molecule has 0 amide bonds. The van der Waals surface area contributed by atoms with Crippen LogP contribution in [-0.2, 0) is 4.74 Å². The molecule has 3 rings (SSSR count). The van der Waals surface area contributed by atoms with Crippen molar-refractivity contribution in [3.05, 3.63) is 53.3 Å². The van der Waals surface area contributed by atoms with Crippen LogP contribution < -0.4 is 4.74 Å². The normalized spacial score (nSPS) is 11.2. The molecular formula is C19H17FN2O4. The molecule has 1 aromatic heterocycles. The van der Waals surface area contributed by atoms with E-state index in [0.717, 1.165) is 10.9 Å². The fourth-order valence-electron chi connectivity index (χ4n) is 2.55. The van der Waals surface area contributed by atoms with Crippen molar-refractivity contribution in [2.45, 2.75) is 13.8 Å². The summed E-state index contributed by atoms with van der Waals surface area (Å²) in [7, 11) is 0. The standard InChI is InChI=1S/C19H17FN2O4/c1-3-25-19(24)26-16-9-11(2)8-14(20)17(16)21-10-13-12-6-4-5-7-15(12)22-18(13)23/h4-10,22-23H,3H2,1-2H3. The van der Waals surface area contributed by atoms with Gasteiger partial charge in [0.2, 0.25) is 0 Å². The number of carbonyl (C=O) groups is 1. The van der Waals surface area contributed by atoms with Crippen molar-refractivity contribution in [2.75, 3.05) is 6.61 Å². The molecule has 6 nitrogen and oxygen atoms in total. The maximum absolute atomic E-state index is 14.4. The number of aryl methyl sites for hydroxylation is 1. The van der Waals surface area contributed by atoms with Gasteiger partial charge in [0.1, 0.15) is 5.69 Å². The van der Waals surface area contributed by atoms with Gasteiger partial charge in [0, 0.05) is 17.1 Å². The van der Waals surface area contributed by atoms with Crippen LogP contribution in [0.25, 0.3) is 10.9 Å². The van der Waals surface area contributed by atoms with Crippen LogP contribution in [0.1, 0.15) is 18.1 Å². The lowest BCUT2D eigenvalue weighted by molar-refractivity contribution is 0.104. The fourth-order valence-corrected chi connectivity index (χ4v) is 2.55. The third-order valence-corrected chi connectivity index (χ3v) is 3.68. The molecule has 0 radical (unpaired) electrons. The van der Waals surface area contributed by atoms with Crippen LogP contribution in [0.2, 0.25) is 0 Å². The minimum atomic E-state index is -0.941. The molecule has 26 heavy (non-hydrogen) atoms. The molecule has 0 saturated heterocycles. The van der Waals surface area contributed by atoms with Crippen LogP contribution in [0.4, 0.5) is 14.9 Å². The molecule has 0 atom stereocenters. The molecule has 0 unspecified atom stereocenters. The average molecular weight is 356 g/mol. The van der Waals surface area contributed by atoms with Crippen LogP contribution in [-0.4, -0.2) is 29.1 Å². The highest BCUT2D eigenvalue weighted by atomic mass is 19.1. The third kappa shape index (κ3) is 3.51. The number of aromatic hydroxyl groups is 1. The van der Waals surface area contributed by atoms with Crippen molar-refractivity contribution < 1.29 is 23.8 Å². The quantitative estimate of drug-likeness (QED) is 0.406. The number of rotatable bonds is 4. The molecule has 0 saturated carbocycles. The van der Waals surface area contributed by atoms with Crippen LogP contribution in [0.3, 0.4) is 0 Å². The lowest BCUT2D eigenvalue weighted by Crippen LogP contribution is -2.10. The zero-order chi connectivity index (χ0) is 18.7. The van der Waals surface area contributed by atoms with Gasteiger partial charge in [0.15, 0.2) is 17.4 Å². The summed E-state index contributed by atoms with van der Waals surface area (Å²) in [6.45, 7) is 3.44. The number of aliphatic imine (C=N–C) groups is 1. The molecule has 0 aliphatic rings. The smallest absolute Gasteiger partial charge is 0.494 e. The second-order valence-electron chi connectivity index (χ2n) is 5.57. The molecule has 2 aromatic carbocycles. The number of para-hydroxylation sites is 1. The topological polar surface area (TPSA) is 83.9 Å². The highest BCUT2D eigenvalue weighted by molar-refractivity contribution is 6.02. The van der Waals surface area contributed by atoms with Gasteiger partial charge in [-0.3, -0.25) is 0 Å². The molecule has 2 N–H and O–H groups in total. The van der Waals surface area contributed by atoms with Gasteiger partial charge in [0.25, 0.3) is 0 Å². The molecule has 0 spiro atoms. The van der Waals surface area contributed by atoms with Crippen molar-refractivity contribution in [1.29, 1.82) is 0 Å². The molecular weight excluding hydrogens is 339 g/mol. The molecule has 3 aromatic rings. The molecule has 0 aliphatic heterocycles. The van der Waals surface area contributed by atoms with Gasteiger partial charge in [-0.05, 0) is 37.6 Å². The number of ether oxygens (including phenoxy) is 2. The Morgan fingerprint density at radius 2 is 2.12 bits per heavy atom. The predicted molar refractivity (Wildman–Crippen MR) is 96.0 cm³/mol. The molecule has 134 valence electrons. The van der Waals surface area contributed by atoms with Crippen molar-refractivity contribution >= 4 is 29.0 Å². The van der Waals surface area contributed by atoms with Crippen LogP contribution >= 0.6 is 0 Å². The summed E-state index contributed by atoms with van der Waals surface area (Å²) in [5.41, 5.74) is 1.53. The molecule has 1 heterocycles. The van der Waals surface area contributed by atoms with Crippen molar-refractivity contribution in [2.24, 2.45) is 4.99 Å². The summed E-state index contributed by atoms with van der Waals surface area (Å²) < 4.78 is 24.2. The second kappa shape index (κ2) is 7.26. The Kier molecular flexibility index (Phi) is 4.88. The fraction of sp³-hybridized carbons (Fsp3) is 0.158. The molecule has 0 aliphatic carbocycles. The largest absolute Gasteiger partial charge is 0.513 e. The van der Waals surface area contributed by atoms with Crippen LogP contribution in [0, 0.1) is 12.7 Å². The lowest BCUT2D eigenvalue weighted by Gasteiger charge is -2.09. The average Bonchev–Trinajstić information content (AvgIpc) is 2.89. The van der Waals surface area contributed by atoms with Gasteiger partial charge in [-0.1, -0.05) is 18.2 Å². The van der Waals surface area contributed by atoms with Crippen LogP contribution in [0.5, 0.6) is 11.6 Å². The van der Waals surface area contributed by atoms with Gasteiger partial charge in [0.05, 0.1) is 12.2 Å². The Balaban J connectivity index is 2.02. The van der Waals surface area contributed by atoms with E-state index < -0.39 is 12.0 Å². The van der Waals surface area contributed by atoms with Gasteiger partial charge in [-0.15, -0.1) is 0 Å². The summed E-state index contributed by atoms with van der Waals surface area (Å²) in [6.07, 6.45) is 0.379. The number of aromatic amines is 1. The Bertz CT molecular complexity index is 995. The molecule has 0 fully saturated rings. The number of fused-ring (bicyclic) bond motifs is 1. The molecule has 7 heteroatoms. The number of aromatic nitrogens is 1. The van der Waals surface area contributed by atoms with E-state index in [1.165, 1.54) is 18.3 Å². The van der Waals surface area contributed by atoms with E-state index >= 15 is 0 Å². The highest BCUT2D eigenvalue weighted by Crippen LogP contribution is 2.33. The Morgan fingerprint density at radius 1 is 1.35 bits per heavy atom. The van der Waals surface area contributed by atoms with Gasteiger partial charge in [-0.25, -0.2) is 14.2 Å². The summed E-state index contributed by atoms with van der Waals surface area (Å²) in [5.74, 6) is -0.799. The lowest BCUT2D eigenvalue weighted by atomic mass is 10.1. The zero-order valence-electron chi connectivity index (χ0n) is 14.2.